The van der Waals surface area contributed by atoms with E-state index in [1.54, 1.807) is 36.0 Å². The molecule has 0 aliphatic rings. The molecule has 0 bridgehead atoms. The van der Waals surface area contributed by atoms with E-state index in [-0.39, 0.29) is 0 Å². The minimum atomic E-state index is -0.878. The molecule has 2 aromatic carbocycles. The predicted molar refractivity (Wildman–Crippen MR) is 93.7 cm³/mol. The van der Waals surface area contributed by atoms with Crippen LogP contribution in [0.1, 0.15) is 11.1 Å². The van der Waals surface area contributed by atoms with Crippen molar-refractivity contribution in [2.45, 2.75) is 4.90 Å². The van der Waals surface area contributed by atoms with E-state index in [1.165, 1.54) is 6.21 Å². The molecule has 2 N–H and O–H groups in total. The Morgan fingerprint density at radius 2 is 1.75 bits per heavy atom. The van der Waals surface area contributed by atoms with E-state index in [4.69, 9.17) is 5.26 Å². The first-order valence-corrected chi connectivity index (χ1v) is 8.13. The Hall–Kier alpha value is -3.11. The van der Waals surface area contributed by atoms with E-state index >= 15 is 0 Å². The topological polar surface area (TPSA) is 94.3 Å². The smallest absolute Gasteiger partial charge is 0.318 e. The summed E-state index contributed by atoms with van der Waals surface area (Å²) in [6.07, 6.45) is 3.44. The maximum atomic E-state index is 11.7. The second kappa shape index (κ2) is 8.50. The van der Waals surface area contributed by atoms with Gasteiger partial charge in [0.25, 0.3) is 0 Å². The summed E-state index contributed by atoms with van der Waals surface area (Å²) in [7, 11) is 0. The number of nitrogens with zero attached hydrogens (tertiary/aromatic N) is 2. The number of hydrogen-bond donors (Lipinski definition) is 2. The summed E-state index contributed by atoms with van der Waals surface area (Å²) in [5.41, 5.74) is 3.86. The number of amides is 2. The number of nitriles is 1. The number of rotatable bonds is 4. The number of carbonyl (C=O) groups excluding carboxylic acids is 2. The molecule has 2 aromatic rings. The van der Waals surface area contributed by atoms with Gasteiger partial charge in [0, 0.05) is 10.6 Å². The van der Waals surface area contributed by atoms with Crippen molar-refractivity contribution in [3.63, 3.8) is 0 Å². The molecule has 0 unspecified atom stereocenters. The summed E-state index contributed by atoms with van der Waals surface area (Å²) in [6.45, 7) is 0. The fourth-order valence-corrected chi connectivity index (χ4v) is 2.13. The van der Waals surface area contributed by atoms with Crippen LogP contribution in [0, 0.1) is 11.3 Å². The van der Waals surface area contributed by atoms with Gasteiger partial charge in [-0.3, -0.25) is 9.59 Å². The van der Waals surface area contributed by atoms with Gasteiger partial charge < -0.3 is 5.32 Å². The van der Waals surface area contributed by atoms with Gasteiger partial charge >= 0.3 is 11.8 Å². The van der Waals surface area contributed by atoms with E-state index in [0.717, 1.165) is 10.5 Å². The highest BCUT2D eigenvalue weighted by molar-refractivity contribution is 7.98. The number of carbonyl (C=O) groups is 2. The van der Waals surface area contributed by atoms with Gasteiger partial charge in [-0.05, 0) is 48.2 Å². The second-order valence-electron chi connectivity index (χ2n) is 4.62. The van der Waals surface area contributed by atoms with Crippen LogP contribution < -0.4 is 10.7 Å². The van der Waals surface area contributed by atoms with Crippen LogP contribution in [0.5, 0.6) is 0 Å². The van der Waals surface area contributed by atoms with Crippen LogP contribution in [-0.4, -0.2) is 24.3 Å². The maximum Gasteiger partial charge on any atom is 0.329 e. The fraction of sp³-hybridized carbons (Fsp3) is 0.0588. The van der Waals surface area contributed by atoms with Crippen molar-refractivity contribution in [3.05, 3.63) is 59.7 Å². The Morgan fingerprint density at radius 3 is 2.33 bits per heavy atom. The van der Waals surface area contributed by atoms with E-state index in [9.17, 15) is 9.59 Å². The molecule has 120 valence electrons. The molecule has 0 atom stereocenters. The molecule has 0 aliphatic heterocycles. The highest BCUT2D eigenvalue weighted by Gasteiger charge is 2.12. The average Bonchev–Trinajstić information content (AvgIpc) is 2.62. The van der Waals surface area contributed by atoms with Crippen molar-refractivity contribution in [2.75, 3.05) is 11.6 Å². The van der Waals surface area contributed by atoms with Crippen LogP contribution in [0.15, 0.2) is 58.5 Å². The zero-order valence-electron chi connectivity index (χ0n) is 12.8. The van der Waals surface area contributed by atoms with Crippen molar-refractivity contribution in [2.24, 2.45) is 5.10 Å². The first-order valence-electron chi connectivity index (χ1n) is 6.91. The largest absolute Gasteiger partial charge is 0.329 e. The Bertz CT molecular complexity index is 793. The standard InChI is InChI=1S/C17H14N4O2S/c1-24-15-8-4-13(5-9-15)11-19-21-17(23)16(22)20-14-6-2-12(10-18)3-7-14/h2-9,11H,1H3,(H,20,22)(H,21,23)/b19-11+. The van der Waals surface area contributed by atoms with Gasteiger partial charge in [-0.25, -0.2) is 5.43 Å². The molecule has 0 spiro atoms. The average molecular weight is 338 g/mol. The van der Waals surface area contributed by atoms with Crippen molar-refractivity contribution < 1.29 is 9.59 Å². The van der Waals surface area contributed by atoms with Gasteiger partial charge in [0.1, 0.15) is 0 Å². The zero-order valence-corrected chi connectivity index (χ0v) is 13.6. The van der Waals surface area contributed by atoms with E-state index in [0.29, 0.717) is 11.3 Å². The third kappa shape index (κ3) is 4.97. The summed E-state index contributed by atoms with van der Waals surface area (Å²) < 4.78 is 0. The lowest BCUT2D eigenvalue weighted by molar-refractivity contribution is -0.136. The molecule has 0 aromatic heterocycles. The number of anilines is 1. The highest BCUT2D eigenvalue weighted by Crippen LogP contribution is 2.13. The van der Waals surface area contributed by atoms with Crippen LogP contribution in [0.4, 0.5) is 5.69 Å². The molecule has 0 fully saturated rings. The first kappa shape index (κ1) is 17.2. The third-order valence-electron chi connectivity index (χ3n) is 2.97. The second-order valence-corrected chi connectivity index (χ2v) is 5.50. The minimum absolute atomic E-state index is 0.422. The van der Waals surface area contributed by atoms with Gasteiger partial charge in [-0.1, -0.05) is 12.1 Å². The molecule has 6 nitrogen and oxygen atoms in total. The summed E-state index contributed by atoms with van der Waals surface area (Å²) in [5, 5.41) is 14.9. The van der Waals surface area contributed by atoms with E-state index < -0.39 is 11.8 Å². The molecular formula is C17H14N4O2S. The Balaban J connectivity index is 1.87. The van der Waals surface area contributed by atoms with Crippen LogP contribution in [0.2, 0.25) is 0 Å². The van der Waals surface area contributed by atoms with Gasteiger partial charge in [0.15, 0.2) is 0 Å². The quantitative estimate of drug-likeness (QED) is 0.387. The lowest BCUT2D eigenvalue weighted by atomic mass is 10.2. The summed E-state index contributed by atoms with van der Waals surface area (Å²) in [5.74, 6) is -1.72. The maximum absolute atomic E-state index is 11.7. The molecule has 24 heavy (non-hydrogen) atoms. The predicted octanol–water partition coefficient (Wildman–Crippen LogP) is 2.37. The van der Waals surface area contributed by atoms with Gasteiger partial charge in [0.2, 0.25) is 0 Å². The number of benzene rings is 2. The Morgan fingerprint density at radius 1 is 1.08 bits per heavy atom. The molecule has 0 saturated heterocycles. The molecule has 2 amide bonds. The highest BCUT2D eigenvalue weighted by atomic mass is 32.2. The number of nitrogens with one attached hydrogen (secondary N) is 2. The van der Waals surface area contributed by atoms with Crippen molar-refractivity contribution in [3.8, 4) is 6.07 Å². The van der Waals surface area contributed by atoms with Crippen molar-refractivity contribution >= 4 is 35.5 Å². The van der Waals surface area contributed by atoms with Crippen LogP contribution in [-0.2, 0) is 9.59 Å². The van der Waals surface area contributed by atoms with E-state index in [2.05, 4.69) is 15.8 Å². The molecule has 7 heteroatoms. The Kier molecular flexibility index (Phi) is 6.11. The molecule has 0 aliphatic carbocycles. The summed E-state index contributed by atoms with van der Waals surface area (Å²) >= 11 is 1.63. The van der Waals surface area contributed by atoms with Crippen molar-refractivity contribution in [1.82, 2.24) is 5.43 Å². The lowest BCUT2D eigenvalue weighted by Gasteiger charge is -2.03. The molecule has 2 rings (SSSR count). The molecule has 0 saturated carbocycles. The molecule has 0 radical (unpaired) electrons. The van der Waals surface area contributed by atoms with Gasteiger partial charge in [-0.2, -0.15) is 10.4 Å². The fourth-order valence-electron chi connectivity index (χ4n) is 1.72. The molecular weight excluding hydrogens is 324 g/mol. The minimum Gasteiger partial charge on any atom is -0.318 e. The normalized spacial score (nSPS) is 10.2. The van der Waals surface area contributed by atoms with Crippen molar-refractivity contribution in [1.29, 1.82) is 5.26 Å². The number of hydrazone groups is 1. The van der Waals surface area contributed by atoms with Crippen LogP contribution in [0.25, 0.3) is 0 Å². The summed E-state index contributed by atoms with van der Waals surface area (Å²) in [4.78, 5) is 24.5. The van der Waals surface area contributed by atoms with E-state index in [1.807, 2.05) is 36.6 Å². The first-order chi connectivity index (χ1) is 11.6. The van der Waals surface area contributed by atoms with Gasteiger partial charge in [0.05, 0.1) is 17.8 Å². The third-order valence-corrected chi connectivity index (χ3v) is 3.72. The number of hydrogen-bond acceptors (Lipinski definition) is 5. The van der Waals surface area contributed by atoms with Gasteiger partial charge in [-0.15, -0.1) is 11.8 Å². The Labute approximate surface area is 143 Å². The zero-order chi connectivity index (χ0) is 17.4. The summed E-state index contributed by atoms with van der Waals surface area (Å²) in [6, 6.07) is 15.7. The monoisotopic (exact) mass is 338 g/mol. The van der Waals surface area contributed by atoms with Crippen LogP contribution in [0.3, 0.4) is 0 Å². The SMILES string of the molecule is CSc1ccc(/C=N/NC(=O)C(=O)Nc2ccc(C#N)cc2)cc1. The van der Waals surface area contributed by atoms with Crippen LogP contribution >= 0.6 is 11.8 Å². The lowest BCUT2D eigenvalue weighted by Crippen LogP contribution is -2.32. The molecule has 0 heterocycles. The number of thioether (sulfide) groups is 1.